The van der Waals surface area contributed by atoms with Crippen LogP contribution in [0, 0.1) is 17.6 Å². The molecule has 1 aliphatic carbocycles. The van der Waals surface area contributed by atoms with Crippen LogP contribution < -0.4 is 4.72 Å². The number of hydrogen-bond acceptors (Lipinski definition) is 3. The Morgan fingerprint density at radius 1 is 1.32 bits per heavy atom. The molecule has 2 atom stereocenters. The fourth-order valence-electron chi connectivity index (χ4n) is 2.24. The van der Waals surface area contributed by atoms with Gasteiger partial charge in [0.1, 0.15) is 16.5 Å². The monoisotopic (exact) mass is 291 g/mol. The Kier molecular flexibility index (Phi) is 4.17. The van der Waals surface area contributed by atoms with E-state index in [1.165, 1.54) is 0 Å². The van der Waals surface area contributed by atoms with Crippen LogP contribution in [0.4, 0.5) is 8.78 Å². The van der Waals surface area contributed by atoms with E-state index in [9.17, 15) is 22.3 Å². The summed E-state index contributed by atoms with van der Waals surface area (Å²) in [6.07, 6.45) is 1.70. The molecule has 2 rings (SSSR count). The molecule has 0 aromatic heterocycles. The van der Waals surface area contributed by atoms with Crippen molar-refractivity contribution in [1.29, 1.82) is 0 Å². The Hall–Kier alpha value is -1.05. The van der Waals surface area contributed by atoms with Crippen LogP contribution in [-0.2, 0) is 10.0 Å². The standard InChI is InChI=1S/C12H15F2NO3S/c13-9-4-5-12(10(14)6-9)19(17,18)15-7-8-2-1-3-11(8)16/h4-6,8,11,15-16H,1-3,7H2. The van der Waals surface area contributed by atoms with E-state index in [1.807, 2.05) is 0 Å². The van der Waals surface area contributed by atoms with Gasteiger partial charge in [0.05, 0.1) is 6.10 Å². The first-order chi connectivity index (χ1) is 8.90. The quantitative estimate of drug-likeness (QED) is 0.881. The zero-order valence-electron chi connectivity index (χ0n) is 10.1. The van der Waals surface area contributed by atoms with Crippen molar-refractivity contribution >= 4 is 10.0 Å². The smallest absolute Gasteiger partial charge is 0.243 e. The fourth-order valence-corrected chi connectivity index (χ4v) is 3.39. The number of hydrogen-bond donors (Lipinski definition) is 2. The van der Waals surface area contributed by atoms with Crippen LogP contribution in [0.15, 0.2) is 23.1 Å². The van der Waals surface area contributed by atoms with E-state index in [-0.39, 0.29) is 12.5 Å². The van der Waals surface area contributed by atoms with Gasteiger partial charge in [-0.15, -0.1) is 0 Å². The highest BCUT2D eigenvalue weighted by Crippen LogP contribution is 2.25. The Balaban J connectivity index is 2.09. The highest BCUT2D eigenvalue weighted by Gasteiger charge is 2.27. The Morgan fingerprint density at radius 2 is 2.05 bits per heavy atom. The minimum atomic E-state index is -4.02. The zero-order chi connectivity index (χ0) is 14.0. The van der Waals surface area contributed by atoms with Gasteiger partial charge in [0.15, 0.2) is 0 Å². The minimum absolute atomic E-state index is 0.0559. The molecule has 0 heterocycles. The van der Waals surface area contributed by atoms with Gasteiger partial charge in [-0.2, -0.15) is 0 Å². The molecule has 2 N–H and O–H groups in total. The molecule has 1 aromatic carbocycles. The third-order valence-corrected chi connectivity index (χ3v) is 4.79. The second kappa shape index (κ2) is 5.52. The highest BCUT2D eigenvalue weighted by molar-refractivity contribution is 7.89. The second-order valence-corrected chi connectivity index (χ2v) is 6.42. The van der Waals surface area contributed by atoms with Crippen molar-refractivity contribution in [3.8, 4) is 0 Å². The van der Waals surface area contributed by atoms with Crippen LogP contribution in [0.3, 0.4) is 0 Å². The molecule has 0 bridgehead atoms. The summed E-state index contributed by atoms with van der Waals surface area (Å²) >= 11 is 0. The molecule has 1 aliphatic rings. The van der Waals surface area contributed by atoms with Crippen molar-refractivity contribution in [2.75, 3.05) is 6.54 Å². The van der Waals surface area contributed by atoms with Crippen LogP contribution in [-0.4, -0.2) is 26.2 Å². The summed E-state index contributed by atoms with van der Waals surface area (Å²) in [6.45, 7) is 0.0559. The normalized spacial score (nSPS) is 23.7. The van der Waals surface area contributed by atoms with Gasteiger partial charge in [-0.3, -0.25) is 0 Å². The maximum absolute atomic E-state index is 13.4. The summed E-state index contributed by atoms with van der Waals surface area (Å²) in [7, 11) is -4.02. The molecule has 0 amide bonds. The maximum Gasteiger partial charge on any atom is 0.243 e. The summed E-state index contributed by atoms with van der Waals surface area (Å²) in [5.74, 6) is -2.11. The molecule has 1 aromatic rings. The van der Waals surface area contributed by atoms with E-state index in [2.05, 4.69) is 4.72 Å². The van der Waals surface area contributed by atoms with Gasteiger partial charge in [-0.1, -0.05) is 6.42 Å². The maximum atomic E-state index is 13.4. The van der Waals surface area contributed by atoms with Gasteiger partial charge in [0, 0.05) is 12.6 Å². The van der Waals surface area contributed by atoms with Crippen molar-refractivity contribution in [2.45, 2.75) is 30.3 Å². The lowest BCUT2D eigenvalue weighted by atomic mass is 10.1. The predicted molar refractivity (Wildman–Crippen MR) is 64.9 cm³/mol. The molecule has 106 valence electrons. The summed E-state index contributed by atoms with van der Waals surface area (Å²) in [5.41, 5.74) is 0. The lowest BCUT2D eigenvalue weighted by Gasteiger charge is -2.15. The topological polar surface area (TPSA) is 66.4 Å². The summed E-state index contributed by atoms with van der Waals surface area (Å²) in [5, 5.41) is 9.59. The molecule has 1 saturated carbocycles. The van der Waals surface area contributed by atoms with Crippen molar-refractivity contribution in [1.82, 2.24) is 4.72 Å². The van der Waals surface area contributed by atoms with E-state index in [0.717, 1.165) is 25.0 Å². The molecule has 0 aliphatic heterocycles. The van der Waals surface area contributed by atoms with E-state index in [4.69, 9.17) is 0 Å². The average molecular weight is 291 g/mol. The van der Waals surface area contributed by atoms with Crippen LogP contribution in [0.25, 0.3) is 0 Å². The van der Waals surface area contributed by atoms with Crippen molar-refractivity contribution in [3.05, 3.63) is 29.8 Å². The summed E-state index contributed by atoms with van der Waals surface area (Å²) < 4.78 is 52.1. The molecule has 1 fully saturated rings. The average Bonchev–Trinajstić information content (AvgIpc) is 2.72. The molecule has 7 heteroatoms. The van der Waals surface area contributed by atoms with Gasteiger partial charge in [-0.25, -0.2) is 21.9 Å². The first-order valence-corrected chi connectivity index (χ1v) is 7.51. The number of benzene rings is 1. The third kappa shape index (κ3) is 3.29. The number of nitrogens with one attached hydrogen (secondary N) is 1. The lowest BCUT2D eigenvalue weighted by molar-refractivity contribution is 0.134. The molecule has 19 heavy (non-hydrogen) atoms. The van der Waals surface area contributed by atoms with Gasteiger partial charge in [0.25, 0.3) is 0 Å². The summed E-state index contributed by atoms with van der Waals surface area (Å²) in [4.78, 5) is -0.582. The fraction of sp³-hybridized carbons (Fsp3) is 0.500. The molecule has 4 nitrogen and oxygen atoms in total. The van der Waals surface area contributed by atoms with Crippen LogP contribution in [0.1, 0.15) is 19.3 Å². The minimum Gasteiger partial charge on any atom is -0.393 e. The first-order valence-electron chi connectivity index (χ1n) is 6.03. The van der Waals surface area contributed by atoms with Crippen molar-refractivity contribution < 1.29 is 22.3 Å². The molecular weight excluding hydrogens is 276 g/mol. The van der Waals surface area contributed by atoms with E-state index < -0.39 is 32.7 Å². The highest BCUT2D eigenvalue weighted by atomic mass is 32.2. The van der Waals surface area contributed by atoms with Gasteiger partial charge < -0.3 is 5.11 Å². The third-order valence-electron chi connectivity index (χ3n) is 3.34. The van der Waals surface area contributed by atoms with Crippen molar-refractivity contribution in [3.63, 3.8) is 0 Å². The number of aliphatic hydroxyl groups is 1. The molecule has 0 spiro atoms. The van der Waals surface area contributed by atoms with Crippen LogP contribution >= 0.6 is 0 Å². The van der Waals surface area contributed by atoms with E-state index in [1.54, 1.807) is 0 Å². The largest absolute Gasteiger partial charge is 0.393 e. The Labute approximate surface area is 110 Å². The molecule has 0 saturated heterocycles. The predicted octanol–water partition coefficient (Wildman–Crippen LogP) is 1.40. The molecule has 2 unspecified atom stereocenters. The van der Waals surface area contributed by atoms with Gasteiger partial charge in [0.2, 0.25) is 10.0 Å². The first kappa shape index (κ1) is 14.4. The second-order valence-electron chi connectivity index (χ2n) is 4.68. The lowest BCUT2D eigenvalue weighted by Crippen LogP contribution is -2.32. The Bertz CT molecular complexity index is 562. The van der Waals surface area contributed by atoms with Gasteiger partial charge in [-0.05, 0) is 30.9 Å². The van der Waals surface area contributed by atoms with E-state index >= 15 is 0 Å². The number of sulfonamides is 1. The molecule has 0 radical (unpaired) electrons. The number of rotatable bonds is 4. The molecular formula is C12H15F2NO3S. The SMILES string of the molecule is O=S(=O)(NCC1CCCC1O)c1ccc(F)cc1F. The van der Waals surface area contributed by atoms with E-state index in [0.29, 0.717) is 12.5 Å². The number of halogens is 2. The van der Waals surface area contributed by atoms with Crippen LogP contribution in [0.5, 0.6) is 0 Å². The Morgan fingerprint density at radius 3 is 2.63 bits per heavy atom. The zero-order valence-corrected chi connectivity index (χ0v) is 11.0. The van der Waals surface area contributed by atoms with Crippen molar-refractivity contribution in [2.24, 2.45) is 5.92 Å². The number of aliphatic hydroxyl groups excluding tert-OH is 1. The summed E-state index contributed by atoms with van der Waals surface area (Å²) in [6, 6.07) is 2.30. The van der Waals surface area contributed by atoms with Gasteiger partial charge >= 0.3 is 0 Å². The van der Waals surface area contributed by atoms with Crippen LogP contribution in [0.2, 0.25) is 0 Å².